The zero-order valence-corrected chi connectivity index (χ0v) is 17.7. The van der Waals surface area contributed by atoms with E-state index in [0.29, 0.717) is 46.8 Å². The van der Waals surface area contributed by atoms with Crippen molar-refractivity contribution in [2.75, 3.05) is 38.0 Å². The lowest BCUT2D eigenvalue weighted by Gasteiger charge is -2.33. The van der Waals surface area contributed by atoms with Crippen LogP contribution >= 0.6 is 23.2 Å². The van der Waals surface area contributed by atoms with Crippen LogP contribution < -0.4 is 5.32 Å². The van der Waals surface area contributed by atoms with E-state index in [2.05, 4.69) is 5.32 Å². The van der Waals surface area contributed by atoms with E-state index in [0.717, 1.165) is 5.56 Å². The van der Waals surface area contributed by atoms with Gasteiger partial charge in [-0.25, -0.2) is 8.42 Å². The molecule has 150 valence electrons. The van der Waals surface area contributed by atoms with Crippen molar-refractivity contribution in [3.63, 3.8) is 0 Å². The number of anilines is 1. The zero-order valence-electron chi connectivity index (χ0n) is 15.4. The van der Waals surface area contributed by atoms with Gasteiger partial charge in [-0.1, -0.05) is 40.9 Å². The molecule has 0 bridgehead atoms. The summed E-state index contributed by atoms with van der Waals surface area (Å²) in [6, 6.07) is 11.7. The predicted octanol–water partition coefficient (Wildman–Crippen LogP) is 3.25. The van der Waals surface area contributed by atoms with Gasteiger partial charge in [0.05, 0.1) is 11.4 Å². The first-order chi connectivity index (χ1) is 13.2. The molecule has 1 aliphatic heterocycles. The van der Waals surface area contributed by atoms with Gasteiger partial charge in [0.2, 0.25) is 15.9 Å². The van der Waals surface area contributed by atoms with E-state index in [1.807, 2.05) is 11.8 Å². The lowest BCUT2D eigenvalue weighted by atomic mass is 10.2. The van der Waals surface area contributed by atoms with Crippen LogP contribution in [-0.2, 0) is 14.8 Å². The van der Waals surface area contributed by atoms with Crippen molar-refractivity contribution >= 4 is 44.8 Å². The molecular formula is C19H21Cl2N3O3S. The fraction of sp³-hybridized carbons (Fsp3) is 0.316. The number of piperazine rings is 1. The minimum Gasteiger partial charge on any atom is -0.325 e. The highest BCUT2D eigenvalue weighted by molar-refractivity contribution is 7.89. The van der Waals surface area contributed by atoms with Crippen molar-refractivity contribution < 1.29 is 13.2 Å². The normalized spacial score (nSPS) is 16.1. The summed E-state index contributed by atoms with van der Waals surface area (Å²) in [5.74, 6) is -0.201. The fourth-order valence-corrected chi connectivity index (χ4v) is 4.97. The number of hydrogen-bond donors (Lipinski definition) is 1. The summed E-state index contributed by atoms with van der Waals surface area (Å²) < 4.78 is 26.9. The molecule has 3 rings (SSSR count). The average Bonchev–Trinajstić information content (AvgIpc) is 2.61. The molecule has 1 N–H and O–H groups in total. The van der Waals surface area contributed by atoms with Crippen LogP contribution in [-0.4, -0.2) is 56.3 Å². The molecule has 1 aliphatic rings. The summed E-state index contributed by atoms with van der Waals surface area (Å²) in [4.78, 5) is 14.5. The molecule has 0 saturated carbocycles. The number of amides is 1. The molecular weight excluding hydrogens is 421 g/mol. The molecule has 0 spiro atoms. The van der Waals surface area contributed by atoms with Crippen LogP contribution in [0.4, 0.5) is 5.69 Å². The number of nitrogens with zero attached hydrogens (tertiary/aromatic N) is 2. The molecule has 2 aromatic rings. The van der Waals surface area contributed by atoms with Crippen LogP contribution in [0.1, 0.15) is 5.56 Å². The Hall–Kier alpha value is -1.64. The van der Waals surface area contributed by atoms with Gasteiger partial charge in [0, 0.05) is 41.9 Å². The summed E-state index contributed by atoms with van der Waals surface area (Å²) in [6.45, 7) is 3.72. The molecule has 1 fully saturated rings. The van der Waals surface area contributed by atoms with Crippen LogP contribution in [0.15, 0.2) is 47.4 Å². The first-order valence-corrected chi connectivity index (χ1v) is 11.0. The summed E-state index contributed by atoms with van der Waals surface area (Å²) in [7, 11) is -3.51. The Morgan fingerprint density at radius 1 is 1.00 bits per heavy atom. The predicted molar refractivity (Wildman–Crippen MR) is 111 cm³/mol. The van der Waals surface area contributed by atoms with Crippen LogP contribution in [0.25, 0.3) is 0 Å². The Bertz CT molecular complexity index is 937. The maximum absolute atomic E-state index is 12.7. The lowest BCUT2D eigenvalue weighted by Crippen LogP contribution is -2.50. The van der Waals surface area contributed by atoms with Gasteiger partial charge in [-0.15, -0.1) is 0 Å². The van der Waals surface area contributed by atoms with Crippen LogP contribution in [0.5, 0.6) is 0 Å². The number of benzene rings is 2. The quantitative estimate of drug-likeness (QED) is 0.772. The van der Waals surface area contributed by atoms with Crippen molar-refractivity contribution in [3.05, 3.63) is 58.1 Å². The van der Waals surface area contributed by atoms with E-state index in [1.54, 1.807) is 42.5 Å². The van der Waals surface area contributed by atoms with Gasteiger partial charge in [0.15, 0.2) is 0 Å². The SMILES string of the molecule is Cc1ccc(S(=O)(=O)N2CCN(CC(=O)Nc3cc(Cl)cc(Cl)c3)CC2)cc1. The minimum absolute atomic E-state index is 0.169. The number of carbonyl (C=O) groups is 1. The average molecular weight is 442 g/mol. The van der Waals surface area contributed by atoms with Gasteiger partial charge < -0.3 is 5.32 Å². The largest absolute Gasteiger partial charge is 0.325 e. The fourth-order valence-electron chi connectivity index (χ4n) is 3.02. The summed E-state index contributed by atoms with van der Waals surface area (Å²) in [6.07, 6.45) is 0. The Kier molecular flexibility index (Phi) is 6.62. The molecule has 0 radical (unpaired) electrons. The molecule has 9 heteroatoms. The molecule has 1 heterocycles. The van der Waals surface area contributed by atoms with Gasteiger partial charge >= 0.3 is 0 Å². The smallest absolute Gasteiger partial charge is 0.243 e. The molecule has 0 atom stereocenters. The first-order valence-electron chi connectivity index (χ1n) is 8.79. The number of carbonyl (C=O) groups excluding carboxylic acids is 1. The number of rotatable bonds is 5. The highest BCUT2D eigenvalue weighted by atomic mass is 35.5. The molecule has 2 aromatic carbocycles. The molecule has 28 heavy (non-hydrogen) atoms. The van der Waals surface area contributed by atoms with Crippen LogP contribution in [0.2, 0.25) is 10.0 Å². The summed E-state index contributed by atoms with van der Waals surface area (Å²) in [5.41, 5.74) is 1.54. The third-order valence-corrected chi connectivity index (χ3v) is 6.85. The molecule has 1 amide bonds. The maximum atomic E-state index is 12.7. The second kappa shape index (κ2) is 8.80. The first kappa shape index (κ1) is 21.1. The Morgan fingerprint density at radius 2 is 1.57 bits per heavy atom. The number of aryl methyl sites for hydroxylation is 1. The minimum atomic E-state index is -3.51. The van der Waals surface area contributed by atoms with Crippen molar-refractivity contribution in [2.24, 2.45) is 0 Å². The number of sulfonamides is 1. The van der Waals surface area contributed by atoms with E-state index >= 15 is 0 Å². The third-order valence-electron chi connectivity index (χ3n) is 4.50. The topological polar surface area (TPSA) is 69.7 Å². The monoisotopic (exact) mass is 441 g/mol. The van der Waals surface area contributed by atoms with Crippen molar-refractivity contribution in [2.45, 2.75) is 11.8 Å². The number of nitrogens with one attached hydrogen (secondary N) is 1. The Balaban J connectivity index is 1.55. The highest BCUT2D eigenvalue weighted by Gasteiger charge is 2.29. The van der Waals surface area contributed by atoms with E-state index in [-0.39, 0.29) is 12.5 Å². The highest BCUT2D eigenvalue weighted by Crippen LogP contribution is 2.22. The number of halogens is 2. The van der Waals surface area contributed by atoms with Crippen molar-refractivity contribution in [1.82, 2.24) is 9.21 Å². The van der Waals surface area contributed by atoms with Gasteiger partial charge in [0.25, 0.3) is 0 Å². The lowest BCUT2D eigenvalue weighted by molar-refractivity contribution is -0.117. The summed E-state index contributed by atoms with van der Waals surface area (Å²) in [5, 5.41) is 3.65. The molecule has 0 unspecified atom stereocenters. The van der Waals surface area contributed by atoms with E-state index in [9.17, 15) is 13.2 Å². The van der Waals surface area contributed by atoms with Crippen LogP contribution in [0.3, 0.4) is 0 Å². The van der Waals surface area contributed by atoms with Crippen molar-refractivity contribution in [3.8, 4) is 0 Å². The van der Waals surface area contributed by atoms with Gasteiger partial charge in [0.1, 0.15) is 0 Å². The van der Waals surface area contributed by atoms with Gasteiger partial charge in [-0.05, 0) is 37.3 Å². The second-order valence-electron chi connectivity index (χ2n) is 6.70. The number of hydrogen-bond acceptors (Lipinski definition) is 4. The zero-order chi connectivity index (χ0) is 20.3. The third kappa shape index (κ3) is 5.24. The van der Waals surface area contributed by atoms with Gasteiger partial charge in [-0.2, -0.15) is 4.31 Å². The Morgan fingerprint density at radius 3 is 2.14 bits per heavy atom. The molecule has 0 aliphatic carbocycles. The molecule has 0 aromatic heterocycles. The molecule has 1 saturated heterocycles. The van der Waals surface area contributed by atoms with Crippen LogP contribution in [0, 0.1) is 6.92 Å². The molecule has 6 nitrogen and oxygen atoms in total. The standard InChI is InChI=1S/C19H21Cl2N3O3S/c1-14-2-4-18(5-3-14)28(26,27)24-8-6-23(7-9-24)13-19(25)22-17-11-15(20)10-16(21)12-17/h2-5,10-12H,6-9,13H2,1H3,(H,22,25). The van der Waals surface area contributed by atoms with Crippen molar-refractivity contribution in [1.29, 1.82) is 0 Å². The second-order valence-corrected chi connectivity index (χ2v) is 9.51. The Labute approximate surface area is 175 Å². The summed E-state index contributed by atoms with van der Waals surface area (Å²) >= 11 is 11.9. The maximum Gasteiger partial charge on any atom is 0.243 e. The van der Waals surface area contributed by atoms with E-state index in [1.165, 1.54) is 4.31 Å². The van der Waals surface area contributed by atoms with Gasteiger partial charge in [-0.3, -0.25) is 9.69 Å². The van der Waals surface area contributed by atoms with E-state index < -0.39 is 10.0 Å². The van der Waals surface area contributed by atoms with E-state index in [4.69, 9.17) is 23.2 Å².